The Hall–Kier alpha value is 0.590. The van der Waals surface area contributed by atoms with Gasteiger partial charge in [0.2, 0.25) is 0 Å². The van der Waals surface area contributed by atoms with E-state index in [0.29, 0.717) is 13.0 Å². The van der Waals surface area contributed by atoms with E-state index < -0.39 is 6.17 Å². The Morgan fingerprint density at radius 2 is 2.50 bits per heavy atom. The summed E-state index contributed by atoms with van der Waals surface area (Å²) >= 11 is 3.93. The lowest BCUT2D eigenvalue weighted by Crippen LogP contribution is -2.09. The first-order valence-electron chi connectivity index (χ1n) is 2.53. The van der Waals surface area contributed by atoms with Crippen LogP contribution in [0.4, 0.5) is 4.39 Å². The van der Waals surface area contributed by atoms with E-state index in [-0.39, 0.29) is 0 Å². The highest BCUT2D eigenvalue weighted by molar-refractivity contribution is 8.67. The van der Waals surface area contributed by atoms with Crippen LogP contribution >= 0.6 is 22.6 Å². The fourth-order valence-electron chi connectivity index (χ4n) is 0.762. The van der Waals surface area contributed by atoms with Crippen molar-refractivity contribution in [3.63, 3.8) is 0 Å². The molecule has 0 unspecified atom stereocenters. The molecule has 1 nitrogen and oxygen atoms in total. The number of thiol groups is 1. The summed E-state index contributed by atoms with van der Waals surface area (Å²) in [5.41, 5.74) is 0. The Kier molecular flexibility index (Phi) is 2.46. The van der Waals surface area contributed by atoms with Crippen LogP contribution in [0.2, 0.25) is 0 Å². The highest BCUT2D eigenvalue weighted by atomic mass is 33.1. The van der Waals surface area contributed by atoms with Crippen molar-refractivity contribution in [1.82, 2.24) is 4.31 Å². The Balaban J connectivity index is 2.22. The van der Waals surface area contributed by atoms with Gasteiger partial charge in [-0.1, -0.05) is 11.7 Å². The highest BCUT2D eigenvalue weighted by Crippen LogP contribution is 2.22. The fourth-order valence-corrected chi connectivity index (χ4v) is 1.62. The van der Waals surface area contributed by atoms with Crippen LogP contribution in [0.3, 0.4) is 0 Å². The third-order valence-corrected chi connectivity index (χ3v) is 2.46. The molecule has 8 heavy (non-hydrogen) atoms. The Morgan fingerprint density at radius 1 is 1.75 bits per heavy atom. The predicted octanol–water partition coefficient (Wildman–Crippen LogP) is 1.52. The molecule has 0 bridgehead atoms. The Labute approximate surface area is 57.6 Å². The molecule has 48 valence electrons. The van der Waals surface area contributed by atoms with Crippen molar-refractivity contribution in [2.75, 3.05) is 13.1 Å². The normalized spacial score (nSPS) is 31.5. The van der Waals surface area contributed by atoms with Crippen molar-refractivity contribution in [1.29, 1.82) is 0 Å². The third-order valence-electron chi connectivity index (χ3n) is 1.21. The van der Waals surface area contributed by atoms with Gasteiger partial charge in [0.05, 0.1) is 0 Å². The van der Waals surface area contributed by atoms with E-state index in [9.17, 15) is 4.39 Å². The monoisotopic (exact) mass is 153 g/mol. The maximum atomic E-state index is 12.3. The zero-order valence-corrected chi connectivity index (χ0v) is 6.09. The predicted molar refractivity (Wildman–Crippen MR) is 37.7 cm³/mol. The average Bonchev–Trinajstić information content (AvgIpc) is 2.14. The lowest BCUT2D eigenvalue weighted by Gasteiger charge is -2.05. The molecule has 0 saturated carbocycles. The van der Waals surface area contributed by atoms with Crippen LogP contribution in [-0.4, -0.2) is 23.6 Å². The van der Waals surface area contributed by atoms with Gasteiger partial charge in [-0.05, 0) is 17.4 Å². The molecule has 0 radical (unpaired) electrons. The molecule has 1 heterocycles. The number of nitrogens with zero attached hydrogens (tertiary/aromatic N) is 1. The first-order valence-corrected chi connectivity index (χ1v) is 4.36. The lowest BCUT2D eigenvalue weighted by molar-refractivity contribution is 0.349. The quantitative estimate of drug-likeness (QED) is 0.346. The zero-order chi connectivity index (χ0) is 5.98. The van der Waals surface area contributed by atoms with E-state index in [1.165, 1.54) is 11.0 Å². The average molecular weight is 153 g/mol. The van der Waals surface area contributed by atoms with Gasteiger partial charge in [-0.25, -0.2) is 8.70 Å². The zero-order valence-electron chi connectivity index (χ0n) is 4.38. The van der Waals surface area contributed by atoms with Gasteiger partial charge in [0.15, 0.2) is 0 Å². The maximum Gasteiger partial charge on any atom is 0.115 e. The second-order valence-electron chi connectivity index (χ2n) is 1.86. The first-order chi connectivity index (χ1) is 3.83. The summed E-state index contributed by atoms with van der Waals surface area (Å²) in [5, 5.41) is 0. The molecule has 1 aliphatic heterocycles. The van der Waals surface area contributed by atoms with Crippen LogP contribution in [0.25, 0.3) is 0 Å². The van der Waals surface area contributed by atoms with Gasteiger partial charge < -0.3 is 0 Å². The van der Waals surface area contributed by atoms with Crippen LogP contribution in [0.1, 0.15) is 6.42 Å². The number of rotatable bonds is 1. The van der Waals surface area contributed by atoms with E-state index in [1.54, 1.807) is 0 Å². The molecule has 1 atom stereocenters. The molecule has 0 aromatic rings. The fraction of sp³-hybridized carbons (Fsp3) is 1.00. The summed E-state index contributed by atoms with van der Waals surface area (Å²) in [4.78, 5) is 0. The van der Waals surface area contributed by atoms with Crippen molar-refractivity contribution in [2.45, 2.75) is 12.6 Å². The smallest absolute Gasteiger partial charge is 0.115 e. The number of alkyl halides is 1. The second kappa shape index (κ2) is 2.94. The SMILES string of the molecule is F[C@@H]1CCN(SS)C1. The summed E-state index contributed by atoms with van der Waals surface area (Å²) in [6, 6.07) is 0. The van der Waals surface area contributed by atoms with Gasteiger partial charge in [-0.3, -0.25) is 0 Å². The van der Waals surface area contributed by atoms with Crippen LogP contribution in [0.15, 0.2) is 0 Å². The van der Waals surface area contributed by atoms with E-state index in [0.717, 1.165) is 6.54 Å². The molecular weight excluding hydrogens is 145 g/mol. The van der Waals surface area contributed by atoms with Crippen molar-refractivity contribution < 1.29 is 4.39 Å². The molecule has 0 amide bonds. The van der Waals surface area contributed by atoms with Crippen molar-refractivity contribution in [2.24, 2.45) is 0 Å². The van der Waals surface area contributed by atoms with Gasteiger partial charge in [0.25, 0.3) is 0 Å². The molecule has 0 N–H and O–H groups in total. The van der Waals surface area contributed by atoms with Crippen LogP contribution in [0, 0.1) is 0 Å². The van der Waals surface area contributed by atoms with Crippen molar-refractivity contribution in [3.05, 3.63) is 0 Å². The largest absolute Gasteiger partial charge is 0.246 e. The molecule has 0 spiro atoms. The number of hydrogen-bond acceptors (Lipinski definition) is 3. The van der Waals surface area contributed by atoms with E-state index >= 15 is 0 Å². The van der Waals surface area contributed by atoms with Gasteiger partial charge >= 0.3 is 0 Å². The minimum atomic E-state index is -0.616. The van der Waals surface area contributed by atoms with Gasteiger partial charge in [0, 0.05) is 13.1 Å². The maximum absolute atomic E-state index is 12.3. The standard InChI is InChI=1S/C4H8FNS2/c5-4-1-2-6(3-4)8-7/h4,7H,1-3H2/t4-/m1/s1. The molecule has 0 aromatic heterocycles. The second-order valence-corrected chi connectivity index (χ2v) is 3.03. The highest BCUT2D eigenvalue weighted by Gasteiger charge is 2.20. The molecule has 0 aromatic carbocycles. The van der Waals surface area contributed by atoms with Gasteiger partial charge in [0.1, 0.15) is 6.17 Å². The molecule has 1 fully saturated rings. The van der Waals surface area contributed by atoms with E-state index in [2.05, 4.69) is 11.7 Å². The Bertz CT molecular complexity index is 80.4. The molecular formula is C4H8FNS2. The van der Waals surface area contributed by atoms with Crippen molar-refractivity contribution >= 4 is 22.6 Å². The molecule has 4 heteroatoms. The van der Waals surface area contributed by atoms with Gasteiger partial charge in [-0.2, -0.15) is 0 Å². The minimum absolute atomic E-state index is 0.550. The minimum Gasteiger partial charge on any atom is -0.246 e. The van der Waals surface area contributed by atoms with E-state index in [4.69, 9.17) is 0 Å². The van der Waals surface area contributed by atoms with Gasteiger partial charge in [-0.15, -0.1) is 0 Å². The molecule has 1 aliphatic rings. The first kappa shape index (κ1) is 6.71. The topological polar surface area (TPSA) is 3.24 Å². The summed E-state index contributed by atoms with van der Waals surface area (Å²) < 4.78 is 14.2. The van der Waals surface area contributed by atoms with Crippen LogP contribution in [-0.2, 0) is 0 Å². The summed E-state index contributed by atoms with van der Waals surface area (Å²) in [6.45, 7) is 1.39. The summed E-state index contributed by atoms with van der Waals surface area (Å²) in [6.07, 6.45) is 0.0581. The molecule has 0 aliphatic carbocycles. The molecule has 1 rings (SSSR count). The van der Waals surface area contributed by atoms with Crippen molar-refractivity contribution in [3.8, 4) is 0 Å². The van der Waals surface area contributed by atoms with E-state index in [1.807, 2.05) is 4.31 Å². The summed E-state index contributed by atoms with van der Waals surface area (Å²) in [7, 11) is 1.32. The number of halogens is 1. The summed E-state index contributed by atoms with van der Waals surface area (Å²) in [5.74, 6) is 0. The van der Waals surface area contributed by atoms with Crippen LogP contribution < -0.4 is 0 Å². The number of hydrogen-bond donors (Lipinski definition) is 1. The Morgan fingerprint density at radius 3 is 2.75 bits per heavy atom. The lowest BCUT2D eigenvalue weighted by atomic mass is 10.4. The van der Waals surface area contributed by atoms with Crippen LogP contribution in [0.5, 0.6) is 0 Å². The molecule has 1 saturated heterocycles. The third kappa shape index (κ3) is 1.53.